The van der Waals surface area contributed by atoms with Crippen LogP contribution in [0.2, 0.25) is 0 Å². The number of carbonyl (C=O) groups is 1. The van der Waals surface area contributed by atoms with Crippen LogP contribution in [0.25, 0.3) is 0 Å². The lowest BCUT2D eigenvalue weighted by Gasteiger charge is -2.02. The Morgan fingerprint density at radius 3 is 1.06 bits per heavy atom. The maximum Gasteiger partial charge on any atom is 0.132 e. The predicted molar refractivity (Wildman–Crippen MR) is 164 cm³/mol. The third kappa shape index (κ3) is 30.7. The zero-order valence-corrected chi connectivity index (χ0v) is 24.5. The van der Waals surface area contributed by atoms with Crippen molar-refractivity contribution in [2.75, 3.05) is 0 Å². The van der Waals surface area contributed by atoms with Gasteiger partial charge in [-0.05, 0) is 77.0 Å². The molecule has 0 saturated carbocycles. The van der Waals surface area contributed by atoms with Crippen molar-refractivity contribution in [3.8, 4) is 0 Å². The van der Waals surface area contributed by atoms with Crippen LogP contribution in [0.3, 0.4) is 0 Å². The van der Waals surface area contributed by atoms with Gasteiger partial charge in [0.1, 0.15) is 5.78 Å². The summed E-state index contributed by atoms with van der Waals surface area (Å²) >= 11 is 0. The Hall–Kier alpha value is -1.37. The summed E-state index contributed by atoms with van der Waals surface area (Å²) in [5.41, 5.74) is 0. The first-order chi connectivity index (χ1) is 17.8. The molecule has 0 fully saturated rings. The zero-order chi connectivity index (χ0) is 26.2. The van der Waals surface area contributed by atoms with E-state index in [0.29, 0.717) is 5.78 Å². The molecule has 0 unspecified atom stereocenters. The molecule has 0 aromatic carbocycles. The smallest absolute Gasteiger partial charge is 0.132 e. The summed E-state index contributed by atoms with van der Waals surface area (Å²) in [4.78, 5) is 12.1. The molecule has 0 atom stereocenters. The minimum Gasteiger partial charge on any atom is -0.300 e. The van der Waals surface area contributed by atoms with Gasteiger partial charge in [-0.2, -0.15) is 0 Å². The van der Waals surface area contributed by atoms with Gasteiger partial charge in [0.2, 0.25) is 0 Å². The van der Waals surface area contributed by atoms with E-state index >= 15 is 0 Å². The van der Waals surface area contributed by atoms with E-state index in [4.69, 9.17) is 0 Å². The average Bonchev–Trinajstić information content (AvgIpc) is 2.88. The summed E-state index contributed by atoms with van der Waals surface area (Å²) in [6, 6.07) is 0. The van der Waals surface area contributed by atoms with Crippen LogP contribution in [0, 0.1) is 0 Å². The maximum absolute atomic E-state index is 12.1. The third-order valence-corrected chi connectivity index (χ3v) is 6.81. The van der Waals surface area contributed by atoms with Gasteiger partial charge in [0.25, 0.3) is 0 Å². The summed E-state index contributed by atoms with van der Waals surface area (Å²) in [5, 5.41) is 0. The Morgan fingerprint density at radius 2 is 0.694 bits per heavy atom. The van der Waals surface area contributed by atoms with Crippen LogP contribution in [-0.2, 0) is 4.79 Å². The van der Waals surface area contributed by atoms with Crippen molar-refractivity contribution in [1.82, 2.24) is 0 Å². The maximum atomic E-state index is 12.1. The SMILES string of the molecule is CCCCC/C=C\C/C=C\CCCCCCCC(=O)CCCCCCC/C=C\C/C=C\CCCCC. The second-order valence-corrected chi connectivity index (χ2v) is 10.5. The Labute approximate surface area is 227 Å². The van der Waals surface area contributed by atoms with E-state index in [1.165, 1.54) is 116 Å². The Bertz CT molecular complexity index is 503. The van der Waals surface area contributed by atoms with Crippen LogP contribution in [-0.4, -0.2) is 5.78 Å². The molecule has 0 aliphatic carbocycles. The van der Waals surface area contributed by atoms with E-state index in [-0.39, 0.29) is 0 Å². The standard InChI is InChI=1S/C35H62O/c1-3-5-7-9-11-13-15-17-19-21-23-25-27-29-31-33-35(36)34-32-30-28-26-24-22-20-18-16-14-12-10-8-6-4-2/h11-14,17-20H,3-10,15-16,21-34H2,1-2H3/b13-11-,14-12-,19-17-,20-18-. The molecule has 0 bridgehead atoms. The Balaban J connectivity index is 3.31. The number of hydrogen-bond acceptors (Lipinski definition) is 1. The van der Waals surface area contributed by atoms with Crippen molar-refractivity contribution >= 4 is 5.78 Å². The molecule has 0 N–H and O–H groups in total. The highest BCUT2D eigenvalue weighted by Gasteiger charge is 2.01. The fourth-order valence-corrected chi connectivity index (χ4v) is 4.39. The number of unbranched alkanes of at least 4 members (excludes halogenated alkanes) is 16. The van der Waals surface area contributed by atoms with Crippen LogP contribution in [0.15, 0.2) is 48.6 Å². The van der Waals surface area contributed by atoms with Gasteiger partial charge in [0.05, 0.1) is 0 Å². The minimum absolute atomic E-state index is 0.492. The lowest BCUT2D eigenvalue weighted by molar-refractivity contribution is -0.119. The second kappa shape index (κ2) is 31.7. The highest BCUT2D eigenvalue weighted by molar-refractivity contribution is 5.78. The first kappa shape index (κ1) is 34.6. The van der Waals surface area contributed by atoms with Gasteiger partial charge in [-0.3, -0.25) is 4.79 Å². The number of allylic oxidation sites excluding steroid dienone is 8. The highest BCUT2D eigenvalue weighted by atomic mass is 16.1. The quantitative estimate of drug-likeness (QED) is 0.0774. The van der Waals surface area contributed by atoms with Crippen molar-refractivity contribution in [3.05, 3.63) is 48.6 Å². The summed E-state index contributed by atoms with van der Waals surface area (Å²) in [6.07, 6.45) is 47.6. The van der Waals surface area contributed by atoms with E-state index < -0.39 is 0 Å². The zero-order valence-electron chi connectivity index (χ0n) is 24.5. The summed E-state index contributed by atoms with van der Waals surface area (Å²) in [6.45, 7) is 4.51. The molecule has 0 rings (SSSR count). The fraction of sp³-hybridized carbons (Fsp3) is 0.743. The van der Waals surface area contributed by atoms with Crippen molar-refractivity contribution in [2.45, 2.75) is 168 Å². The molecule has 0 heterocycles. The molecule has 1 heteroatoms. The van der Waals surface area contributed by atoms with Gasteiger partial charge < -0.3 is 0 Å². The largest absolute Gasteiger partial charge is 0.300 e. The molecule has 1 nitrogen and oxygen atoms in total. The first-order valence-corrected chi connectivity index (χ1v) is 15.9. The highest BCUT2D eigenvalue weighted by Crippen LogP contribution is 2.12. The molecule has 0 aromatic rings. The van der Waals surface area contributed by atoms with E-state index in [0.717, 1.165) is 38.5 Å². The number of carbonyl (C=O) groups excluding carboxylic acids is 1. The number of ketones is 1. The van der Waals surface area contributed by atoms with E-state index in [1.807, 2.05) is 0 Å². The summed E-state index contributed by atoms with van der Waals surface area (Å²) in [5.74, 6) is 0.492. The molecule has 0 radical (unpaired) electrons. The topological polar surface area (TPSA) is 17.1 Å². The van der Waals surface area contributed by atoms with E-state index in [1.54, 1.807) is 0 Å². The van der Waals surface area contributed by atoms with Crippen molar-refractivity contribution in [1.29, 1.82) is 0 Å². The van der Waals surface area contributed by atoms with Crippen LogP contribution >= 0.6 is 0 Å². The molecule has 0 aliphatic rings. The van der Waals surface area contributed by atoms with E-state index in [2.05, 4.69) is 62.5 Å². The van der Waals surface area contributed by atoms with Crippen molar-refractivity contribution < 1.29 is 4.79 Å². The monoisotopic (exact) mass is 498 g/mol. The Morgan fingerprint density at radius 1 is 0.389 bits per heavy atom. The molecule has 208 valence electrons. The summed E-state index contributed by atoms with van der Waals surface area (Å²) < 4.78 is 0. The normalized spacial score (nSPS) is 12.3. The van der Waals surface area contributed by atoms with Gasteiger partial charge in [0.15, 0.2) is 0 Å². The first-order valence-electron chi connectivity index (χ1n) is 15.9. The molecule has 0 aliphatic heterocycles. The van der Waals surface area contributed by atoms with Gasteiger partial charge in [-0.1, -0.05) is 127 Å². The van der Waals surface area contributed by atoms with Crippen LogP contribution in [0.5, 0.6) is 0 Å². The minimum atomic E-state index is 0.492. The molecule has 0 aromatic heterocycles. The van der Waals surface area contributed by atoms with E-state index in [9.17, 15) is 4.79 Å². The third-order valence-electron chi connectivity index (χ3n) is 6.81. The lowest BCUT2D eigenvalue weighted by Crippen LogP contribution is -1.97. The molecule has 36 heavy (non-hydrogen) atoms. The van der Waals surface area contributed by atoms with Crippen LogP contribution < -0.4 is 0 Å². The molecular weight excluding hydrogens is 436 g/mol. The molecular formula is C35H62O. The average molecular weight is 499 g/mol. The van der Waals surface area contributed by atoms with Gasteiger partial charge in [-0.25, -0.2) is 0 Å². The van der Waals surface area contributed by atoms with Crippen molar-refractivity contribution in [3.63, 3.8) is 0 Å². The number of rotatable bonds is 28. The number of Topliss-reactive ketones (excluding diaryl/α,β-unsaturated/α-hetero) is 1. The fourth-order valence-electron chi connectivity index (χ4n) is 4.39. The predicted octanol–water partition coefficient (Wildman–Crippen LogP) is 12.2. The van der Waals surface area contributed by atoms with Crippen molar-refractivity contribution in [2.24, 2.45) is 0 Å². The lowest BCUT2D eigenvalue weighted by atomic mass is 10.0. The van der Waals surface area contributed by atoms with Gasteiger partial charge >= 0.3 is 0 Å². The van der Waals surface area contributed by atoms with Gasteiger partial charge in [-0.15, -0.1) is 0 Å². The molecule has 0 amide bonds. The number of hydrogen-bond donors (Lipinski definition) is 0. The molecule has 0 spiro atoms. The van der Waals surface area contributed by atoms with Crippen LogP contribution in [0.1, 0.15) is 168 Å². The van der Waals surface area contributed by atoms with Gasteiger partial charge in [0, 0.05) is 12.8 Å². The Kier molecular flexibility index (Phi) is 30.5. The molecule has 0 saturated heterocycles. The summed E-state index contributed by atoms with van der Waals surface area (Å²) in [7, 11) is 0. The van der Waals surface area contributed by atoms with Crippen LogP contribution in [0.4, 0.5) is 0 Å². The second-order valence-electron chi connectivity index (χ2n) is 10.5.